The Bertz CT molecular complexity index is 1500. The minimum absolute atomic E-state index is 0.258. The molecule has 0 saturated carbocycles. The molecule has 5 rings (SSSR count). The first-order chi connectivity index (χ1) is 17.4. The molecule has 0 radical (unpaired) electrons. The van der Waals surface area contributed by atoms with Gasteiger partial charge in [0, 0.05) is 42.4 Å². The lowest BCUT2D eigenvalue weighted by atomic mass is 9.98. The van der Waals surface area contributed by atoms with Crippen LogP contribution in [0.1, 0.15) is 12.8 Å². The third-order valence-electron chi connectivity index (χ3n) is 6.40. The summed E-state index contributed by atoms with van der Waals surface area (Å²) < 4.78 is 35.5. The van der Waals surface area contributed by atoms with Gasteiger partial charge in [0.1, 0.15) is 11.6 Å². The molecule has 11 heteroatoms. The first-order valence-corrected chi connectivity index (χ1v) is 14.1. The van der Waals surface area contributed by atoms with Crippen LogP contribution in [0.3, 0.4) is 0 Å². The van der Waals surface area contributed by atoms with Crippen molar-refractivity contribution in [2.75, 3.05) is 32.1 Å². The van der Waals surface area contributed by atoms with E-state index >= 15 is 0 Å². The number of ether oxygens (including phenoxy) is 1. The zero-order chi connectivity index (χ0) is 25.3. The van der Waals surface area contributed by atoms with Crippen molar-refractivity contribution in [1.29, 1.82) is 0 Å². The summed E-state index contributed by atoms with van der Waals surface area (Å²) in [6, 6.07) is 16.1. The van der Waals surface area contributed by atoms with Crippen LogP contribution in [-0.4, -0.2) is 54.1 Å². The van der Waals surface area contributed by atoms with E-state index in [0.717, 1.165) is 34.4 Å². The molecule has 0 aliphatic carbocycles. The molecule has 4 aromatic rings. The van der Waals surface area contributed by atoms with Gasteiger partial charge < -0.3 is 10.1 Å². The van der Waals surface area contributed by atoms with Crippen molar-refractivity contribution in [3.8, 4) is 17.0 Å². The van der Waals surface area contributed by atoms with Gasteiger partial charge >= 0.3 is 0 Å². The van der Waals surface area contributed by atoms with E-state index in [4.69, 9.17) is 21.3 Å². The van der Waals surface area contributed by atoms with Crippen LogP contribution in [0.25, 0.3) is 16.9 Å². The van der Waals surface area contributed by atoms with Gasteiger partial charge in [0.25, 0.3) is 0 Å². The Hall–Kier alpha value is -2.66. The summed E-state index contributed by atoms with van der Waals surface area (Å²) in [5.74, 6) is 1.64. The van der Waals surface area contributed by atoms with Crippen molar-refractivity contribution in [2.45, 2.75) is 17.7 Å². The normalized spacial score (nSPS) is 15.3. The van der Waals surface area contributed by atoms with Gasteiger partial charge in [-0.2, -0.15) is 13.9 Å². The molecular formula is C25H25BrClN5O3S. The summed E-state index contributed by atoms with van der Waals surface area (Å²) in [7, 11) is -2.03. The summed E-state index contributed by atoms with van der Waals surface area (Å²) >= 11 is 9.96. The topological polar surface area (TPSA) is 88.8 Å². The third kappa shape index (κ3) is 4.95. The van der Waals surface area contributed by atoms with Crippen LogP contribution in [0.4, 0.5) is 5.82 Å². The highest BCUT2D eigenvalue weighted by atomic mass is 79.9. The van der Waals surface area contributed by atoms with Gasteiger partial charge in [0.2, 0.25) is 10.0 Å². The first kappa shape index (κ1) is 25.0. The van der Waals surface area contributed by atoms with Crippen molar-refractivity contribution in [3.05, 3.63) is 70.3 Å². The summed E-state index contributed by atoms with van der Waals surface area (Å²) in [6.07, 6.45) is 3.22. The second kappa shape index (κ2) is 10.4. The van der Waals surface area contributed by atoms with E-state index in [9.17, 15) is 8.42 Å². The summed E-state index contributed by atoms with van der Waals surface area (Å²) in [6.45, 7) is 1.62. The smallest absolute Gasteiger partial charge is 0.243 e. The predicted octanol–water partition coefficient (Wildman–Crippen LogP) is 5.33. The lowest BCUT2D eigenvalue weighted by Crippen LogP contribution is -2.39. The quantitative estimate of drug-likeness (QED) is 0.313. The fourth-order valence-electron chi connectivity index (χ4n) is 4.38. The number of sulfonamides is 1. The molecule has 0 atom stereocenters. The zero-order valence-corrected chi connectivity index (χ0v) is 22.7. The summed E-state index contributed by atoms with van der Waals surface area (Å²) in [4.78, 5) is 5.00. The Balaban J connectivity index is 1.30. The maximum Gasteiger partial charge on any atom is 0.243 e. The number of hydrogen-bond donors (Lipinski definition) is 1. The molecule has 188 valence electrons. The molecule has 3 heterocycles. The van der Waals surface area contributed by atoms with Gasteiger partial charge in [-0.15, -0.1) is 0 Å². The number of aromatic nitrogens is 3. The van der Waals surface area contributed by atoms with Crippen LogP contribution in [0.15, 0.2) is 70.2 Å². The maximum atomic E-state index is 13.1. The van der Waals surface area contributed by atoms with Crippen LogP contribution in [0, 0.1) is 5.92 Å². The second-order valence-corrected chi connectivity index (χ2v) is 11.8. The van der Waals surface area contributed by atoms with E-state index in [1.165, 1.54) is 7.11 Å². The van der Waals surface area contributed by atoms with Crippen molar-refractivity contribution >= 4 is 49.0 Å². The van der Waals surface area contributed by atoms with Crippen LogP contribution < -0.4 is 10.1 Å². The molecule has 1 aliphatic heterocycles. The average Bonchev–Trinajstić information content (AvgIpc) is 3.28. The molecule has 0 unspecified atom stereocenters. The number of hydrogen-bond acceptors (Lipinski definition) is 6. The molecule has 2 aromatic heterocycles. The van der Waals surface area contributed by atoms with Crippen molar-refractivity contribution in [1.82, 2.24) is 18.9 Å². The van der Waals surface area contributed by atoms with Gasteiger partial charge in [0.15, 0.2) is 5.65 Å². The number of methoxy groups -OCH3 is 1. The van der Waals surface area contributed by atoms with Crippen molar-refractivity contribution < 1.29 is 13.2 Å². The fraction of sp³-hybridized carbons (Fsp3) is 0.280. The largest absolute Gasteiger partial charge is 0.497 e. The summed E-state index contributed by atoms with van der Waals surface area (Å²) in [5, 5.41) is 8.58. The van der Waals surface area contributed by atoms with Crippen LogP contribution in [0.2, 0.25) is 5.02 Å². The van der Waals surface area contributed by atoms with Gasteiger partial charge in [-0.3, -0.25) is 0 Å². The van der Waals surface area contributed by atoms with Crippen LogP contribution in [-0.2, 0) is 10.0 Å². The molecule has 1 N–H and O–H groups in total. The minimum atomic E-state index is -3.56. The molecule has 1 saturated heterocycles. The monoisotopic (exact) mass is 589 g/mol. The molecule has 1 fully saturated rings. The number of fused-ring (bicyclic) bond motifs is 1. The molecule has 1 aliphatic rings. The Morgan fingerprint density at radius 1 is 1.14 bits per heavy atom. The highest BCUT2D eigenvalue weighted by Gasteiger charge is 2.29. The number of anilines is 1. The minimum Gasteiger partial charge on any atom is -0.497 e. The number of nitrogens with one attached hydrogen (secondary N) is 1. The SMILES string of the molecule is COc1cccc(S(=O)(=O)N2CCC(CNc3cc(-c4ccccc4Cl)nc4c(Br)cnn34)CC2)c1. The molecule has 0 bridgehead atoms. The standard InChI is InChI=1S/C25H25BrClN5O3S/c1-35-18-5-4-6-19(13-18)36(33,34)31-11-9-17(10-12-31)15-28-24-14-23(20-7-2-3-8-22(20)27)30-25-21(26)16-29-32(24)25/h2-8,13-14,16-17,28H,9-12,15H2,1H3. The van der Waals surface area contributed by atoms with Gasteiger partial charge in [-0.05, 0) is 52.9 Å². The van der Waals surface area contributed by atoms with E-state index in [1.807, 2.05) is 30.3 Å². The van der Waals surface area contributed by atoms with Crippen molar-refractivity contribution in [2.24, 2.45) is 5.92 Å². The molecule has 8 nitrogen and oxygen atoms in total. The average molecular weight is 591 g/mol. The third-order valence-corrected chi connectivity index (χ3v) is 9.19. The molecule has 2 aromatic carbocycles. The van der Waals surface area contributed by atoms with Crippen LogP contribution >= 0.6 is 27.5 Å². The maximum absolute atomic E-state index is 13.1. The Morgan fingerprint density at radius 2 is 1.92 bits per heavy atom. The number of halogens is 2. The van der Waals surface area contributed by atoms with E-state index in [2.05, 4.69) is 26.3 Å². The zero-order valence-electron chi connectivity index (χ0n) is 19.6. The van der Waals surface area contributed by atoms with Crippen LogP contribution in [0.5, 0.6) is 5.75 Å². The van der Waals surface area contributed by atoms with Gasteiger partial charge in [-0.1, -0.05) is 35.9 Å². The Morgan fingerprint density at radius 3 is 2.67 bits per heavy atom. The highest BCUT2D eigenvalue weighted by Crippen LogP contribution is 2.31. The highest BCUT2D eigenvalue weighted by molar-refractivity contribution is 9.10. The molecular weight excluding hydrogens is 566 g/mol. The molecule has 0 amide bonds. The Kier molecular flexibility index (Phi) is 7.21. The van der Waals surface area contributed by atoms with Gasteiger partial charge in [0.05, 0.1) is 28.4 Å². The van der Waals surface area contributed by atoms with Gasteiger partial charge in [-0.25, -0.2) is 13.4 Å². The Labute approximate surface area is 223 Å². The number of nitrogens with zero attached hydrogens (tertiary/aromatic N) is 4. The first-order valence-electron chi connectivity index (χ1n) is 11.5. The molecule has 0 spiro atoms. The lowest BCUT2D eigenvalue weighted by molar-refractivity contribution is 0.282. The van der Waals surface area contributed by atoms with E-state index < -0.39 is 10.0 Å². The fourth-order valence-corrected chi connectivity index (χ4v) is 6.47. The van der Waals surface area contributed by atoms with E-state index in [-0.39, 0.29) is 4.90 Å². The number of benzene rings is 2. The second-order valence-electron chi connectivity index (χ2n) is 8.64. The molecule has 36 heavy (non-hydrogen) atoms. The predicted molar refractivity (Wildman–Crippen MR) is 144 cm³/mol. The van der Waals surface area contributed by atoms with E-state index in [0.29, 0.717) is 42.0 Å². The van der Waals surface area contributed by atoms with Crippen molar-refractivity contribution in [3.63, 3.8) is 0 Å². The number of rotatable bonds is 7. The van der Waals surface area contributed by atoms with E-state index in [1.54, 1.807) is 39.3 Å². The summed E-state index contributed by atoms with van der Waals surface area (Å²) in [5.41, 5.74) is 2.28. The number of piperidine rings is 1. The lowest BCUT2D eigenvalue weighted by Gasteiger charge is -2.31.